The van der Waals surface area contributed by atoms with Crippen LogP contribution < -0.4 is 0 Å². The first-order valence-electron chi connectivity index (χ1n) is 4.30. The van der Waals surface area contributed by atoms with E-state index in [1.807, 2.05) is 12.1 Å². The summed E-state index contributed by atoms with van der Waals surface area (Å²) in [4.78, 5) is 15.4. The molecule has 1 atom stereocenters. The van der Waals surface area contributed by atoms with Crippen molar-refractivity contribution in [1.29, 1.82) is 0 Å². The molecule has 0 unspecified atom stereocenters. The zero-order chi connectivity index (χ0) is 8.39. The van der Waals surface area contributed by atoms with Gasteiger partial charge in [0.05, 0.1) is 0 Å². The summed E-state index contributed by atoms with van der Waals surface area (Å²) in [6, 6.07) is 3.88. The monoisotopic (exact) mass is 161 g/mol. The molecular formula is C10H11NO. The molecule has 62 valence electrons. The highest BCUT2D eigenvalue weighted by Crippen LogP contribution is 2.30. The molecule has 2 nitrogen and oxygen atoms in total. The average Bonchev–Trinajstić information content (AvgIpc) is 2.53. The van der Waals surface area contributed by atoms with Crippen molar-refractivity contribution in [3.8, 4) is 0 Å². The first-order chi connectivity index (χ1) is 5.88. The fourth-order valence-electron chi connectivity index (χ4n) is 1.75. The second-order valence-electron chi connectivity index (χ2n) is 3.20. The maximum absolute atomic E-state index is 11.3. The fourth-order valence-corrected chi connectivity index (χ4v) is 1.75. The number of hydrogen-bond acceptors (Lipinski definition) is 2. The van der Waals surface area contributed by atoms with Gasteiger partial charge in [-0.05, 0) is 24.5 Å². The number of rotatable bonds is 1. The Morgan fingerprint density at radius 2 is 2.42 bits per heavy atom. The maximum atomic E-state index is 11.3. The van der Waals surface area contributed by atoms with E-state index in [0.29, 0.717) is 5.78 Å². The van der Waals surface area contributed by atoms with Gasteiger partial charge in [0, 0.05) is 24.7 Å². The molecule has 0 aliphatic heterocycles. The first-order valence-corrected chi connectivity index (χ1v) is 4.30. The minimum Gasteiger partial charge on any atom is -0.299 e. The topological polar surface area (TPSA) is 30.0 Å². The molecule has 1 aromatic rings. The van der Waals surface area contributed by atoms with Crippen LogP contribution in [0.15, 0.2) is 24.5 Å². The van der Waals surface area contributed by atoms with Crippen LogP contribution in [0.4, 0.5) is 0 Å². The maximum Gasteiger partial charge on any atom is 0.140 e. The highest BCUT2D eigenvalue weighted by molar-refractivity contribution is 5.87. The van der Waals surface area contributed by atoms with Gasteiger partial charge in [0.15, 0.2) is 0 Å². The molecular weight excluding hydrogens is 150 g/mol. The third-order valence-electron chi connectivity index (χ3n) is 2.39. The molecule has 1 aliphatic carbocycles. The standard InChI is InChI=1S/C10H11NO/c12-10-5-1-4-9(10)8-3-2-6-11-7-8/h2-3,6-7,9H,1,4-5H2/t9-/m1/s1. The Kier molecular flexibility index (Phi) is 1.90. The highest BCUT2D eigenvalue weighted by Gasteiger charge is 2.25. The molecule has 1 saturated carbocycles. The van der Waals surface area contributed by atoms with Gasteiger partial charge in [0.25, 0.3) is 0 Å². The Balaban J connectivity index is 2.25. The van der Waals surface area contributed by atoms with Crippen molar-refractivity contribution < 1.29 is 4.79 Å². The minimum absolute atomic E-state index is 0.138. The van der Waals surface area contributed by atoms with E-state index in [1.165, 1.54) is 0 Å². The first kappa shape index (κ1) is 7.47. The predicted molar refractivity (Wildman–Crippen MR) is 45.8 cm³/mol. The number of carbonyl (C=O) groups excluding carboxylic acids is 1. The summed E-state index contributed by atoms with van der Waals surface area (Å²) < 4.78 is 0. The van der Waals surface area contributed by atoms with Crippen LogP contribution in [0.3, 0.4) is 0 Å². The molecule has 1 aliphatic rings. The van der Waals surface area contributed by atoms with Crippen LogP contribution in [-0.4, -0.2) is 10.8 Å². The van der Waals surface area contributed by atoms with E-state index in [-0.39, 0.29) is 5.92 Å². The van der Waals surface area contributed by atoms with Gasteiger partial charge in [-0.2, -0.15) is 0 Å². The lowest BCUT2D eigenvalue weighted by Gasteiger charge is -2.05. The molecule has 0 spiro atoms. The summed E-state index contributed by atoms with van der Waals surface area (Å²) in [5, 5.41) is 0. The van der Waals surface area contributed by atoms with Gasteiger partial charge >= 0.3 is 0 Å². The van der Waals surface area contributed by atoms with E-state index in [1.54, 1.807) is 12.4 Å². The van der Waals surface area contributed by atoms with Crippen molar-refractivity contribution in [3.63, 3.8) is 0 Å². The number of hydrogen-bond donors (Lipinski definition) is 0. The largest absolute Gasteiger partial charge is 0.299 e. The lowest BCUT2D eigenvalue weighted by Crippen LogP contribution is -2.03. The Morgan fingerprint density at radius 3 is 3.00 bits per heavy atom. The number of aromatic nitrogens is 1. The SMILES string of the molecule is O=C1CCC[C@@H]1c1cccnc1. The average molecular weight is 161 g/mol. The Morgan fingerprint density at radius 1 is 1.50 bits per heavy atom. The Bertz CT molecular complexity index is 281. The Labute approximate surface area is 71.6 Å². The molecule has 0 aromatic carbocycles. The van der Waals surface area contributed by atoms with Gasteiger partial charge < -0.3 is 0 Å². The van der Waals surface area contributed by atoms with E-state index >= 15 is 0 Å². The summed E-state index contributed by atoms with van der Waals surface area (Å²) in [6.45, 7) is 0. The second-order valence-corrected chi connectivity index (χ2v) is 3.20. The summed E-state index contributed by atoms with van der Waals surface area (Å²) in [7, 11) is 0. The smallest absolute Gasteiger partial charge is 0.140 e. The number of nitrogens with zero attached hydrogens (tertiary/aromatic N) is 1. The Hall–Kier alpha value is -1.18. The molecule has 2 rings (SSSR count). The van der Waals surface area contributed by atoms with Crippen LogP contribution >= 0.6 is 0 Å². The van der Waals surface area contributed by atoms with Crippen molar-refractivity contribution in [1.82, 2.24) is 4.98 Å². The number of Topliss-reactive ketones (excluding diaryl/α,β-unsaturated/α-hetero) is 1. The number of carbonyl (C=O) groups is 1. The molecule has 1 fully saturated rings. The molecule has 1 aromatic heterocycles. The summed E-state index contributed by atoms with van der Waals surface area (Å²) >= 11 is 0. The molecule has 0 N–H and O–H groups in total. The van der Waals surface area contributed by atoms with Gasteiger partial charge in [-0.15, -0.1) is 0 Å². The molecule has 0 saturated heterocycles. The summed E-state index contributed by atoms with van der Waals surface area (Å²) in [6.07, 6.45) is 6.33. The van der Waals surface area contributed by atoms with Crippen LogP contribution in [0.2, 0.25) is 0 Å². The van der Waals surface area contributed by atoms with E-state index in [0.717, 1.165) is 24.8 Å². The lowest BCUT2D eigenvalue weighted by molar-refractivity contribution is -0.118. The van der Waals surface area contributed by atoms with Gasteiger partial charge in [-0.25, -0.2) is 0 Å². The zero-order valence-electron chi connectivity index (χ0n) is 6.86. The molecule has 0 amide bonds. The molecule has 2 heteroatoms. The van der Waals surface area contributed by atoms with Crippen LogP contribution in [-0.2, 0) is 4.79 Å². The van der Waals surface area contributed by atoms with Gasteiger partial charge in [0.2, 0.25) is 0 Å². The fraction of sp³-hybridized carbons (Fsp3) is 0.400. The van der Waals surface area contributed by atoms with Gasteiger partial charge in [-0.3, -0.25) is 9.78 Å². The highest BCUT2D eigenvalue weighted by atomic mass is 16.1. The van der Waals surface area contributed by atoms with Crippen molar-refractivity contribution in [3.05, 3.63) is 30.1 Å². The number of pyridine rings is 1. The molecule has 12 heavy (non-hydrogen) atoms. The van der Waals surface area contributed by atoms with Crippen LogP contribution in [0.1, 0.15) is 30.7 Å². The third kappa shape index (κ3) is 1.24. The van der Waals surface area contributed by atoms with Crippen molar-refractivity contribution in [2.45, 2.75) is 25.2 Å². The van der Waals surface area contributed by atoms with Crippen molar-refractivity contribution in [2.75, 3.05) is 0 Å². The normalized spacial score (nSPS) is 23.0. The van der Waals surface area contributed by atoms with Crippen molar-refractivity contribution in [2.24, 2.45) is 0 Å². The quantitative estimate of drug-likeness (QED) is 0.629. The molecule has 0 radical (unpaired) electrons. The number of ketones is 1. The van der Waals surface area contributed by atoms with Crippen molar-refractivity contribution >= 4 is 5.78 Å². The summed E-state index contributed by atoms with van der Waals surface area (Å²) in [5.41, 5.74) is 1.08. The van der Waals surface area contributed by atoms with Crippen LogP contribution in [0.25, 0.3) is 0 Å². The van der Waals surface area contributed by atoms with E-state index in [4.69, 9.17) is 0 Å². The minimum atomic E-state index is 0.138. The molecule has 0 bridgehead atoms. The van der Waals surface area contributed by atoms with E-state index < -0.39 is 0 Å². The van der Waals surface area contributed by atoms with Crippen LogP contribution in [0, 0.1) is 0 Å². The van der Waals surface area contributed by atoms with E-state index in [9.17, 15) is 4.79 Å². The molecule has 1 heterocycles. The summed E-state index contributed by atoms with van der Waals surface area (Å²) in [5.74, 6) is 0.515. The lowest BCUT2D eigenvalue weighted by atomic mass is 9.99. The zero-order valence-corrected chi connectivity index (χ0v) is 6.86. The second kappa shape index (κ2) is 3.05. The van der Waals surface area contributed by atoms with E-state index in [2.05, 4.69) is 4.98 Å². The van der Waals surface area contributed by atoms with Gasteiger partial charge in [-0.1, -0.05) is 6.07 Å². The van der Waals surface area contributed by atoms with Gasteiger partial charge in [0.1, 0.15) is 5.78 Å². The third-order valence-corrected chi connectivity index (χ3v) is 2.39. The van der Waals surface area contributed by atoms with Crippen LogP contribution in [0.5, 0.6) is 0 Å². The predicted octanol–water partition coefficient (Wildman–Crippen LogP) is 1.92.